The minimum Gasteiger partial charge on any atom is -0.469 e. The molecule has 9 atom stereocenters. The van der Waals surface area contributed by atoms with E-state index in [-0.39, 0.29) is 39.0 Å². The topological polar surface area (TPSA) is 58.6 Å². The van der Waals surface area contributed by atoms with Crippen LogP contribution in [0.15, 0.2) is 42.5 Å². The van der Waals surface area contributed by atoms with Gasteiger partial charge in [-0.2, -0.15) is 0 Å². The Morgan fingerprint density at radius 2 is 1.64 bits per heavy atom. The number of rotatable bonds is 10. The summed E-state index contributed by atoms with van der Waals surface area (Å²) < 4.78 is 4.85. The number of allylic oxidation sites excluding steroid dienone is 3. The van der Waals surface area contributed by atoms with Crippen LogP contribution in [0.1, 0.15) is 124 Å². The average Bonchev–Trinajstić information content (AvgIpc) is 3.48. The molecule has 0 aromatic heterocycles. The molecule has 0 unspecified atom stereocenters. The molecule has 4 fully saturated rings. The number of hydrogen-bond donors (Lipinski definition) is 1. The normalized spacial score (nSPS) is 38.6. The lowest BCUT2D eigenvalue weighted by Crippen LogP contribution is -2.66. The maximum absolute atomic E-state index is 14.5. The Morgan fingerprint density at radius 3 is 2.30 bits per heavy atom. The van der Waals surface area contributed by atoms with Gasteiger partial charge in [-0.15, -0.1) is 0 Å². The first kappa shape index (κ1) is 37.4. The number of amides is 1. The molecule has 0 saturated heterocycles. The summed E-state index contributed by atoms with van der Waals surface area (Å²) in [6, 6.07) is 9.25. The van der Waals surface area contributed by atoms with E-state index in [1.54, 1.807) is 5.57 Å². The molecule has 276 valence electrons. The zero-order valence-corrected chi connectivity index (χ0v) is 33.1. The van der Waals surface area contributed by atoms with Crippen molar-refractivity contribution in [1.82, 2.24) is 10.2 Å². The van der Waals surface area contributed by atoms with Crippen LogP contribution >= 0.6 is 0 Å². The summed E-state index contributed by atoms with van der Waals surface area (Å²) in [5.41, 5.74) is 6.11. The molecule has 5 aliphatic rings. The molecule has 0 spiro atoms. The van der Waals surface area contributed by atoms with Crippen LogP contribution in [-0.4, -0.2) is 50.1 Å². The van der Waals surface area contributed by atoms with Crippen LogP contribution in [0.25, 0.3) is 5.57 Å². The molecule has 5 nitrogen and oxygen atoms in total. The fourth-order valence-corrected chi connectivity index (χ4v) is 13.6. The van der Waals surface area contributed by atoms with E-state index in [1.807, 2.05) is 0 Å². The summed E-state index contributed by atoms with van der Waals surface area (Å²) in [5.74, 6) is 2.75. The second-order valence-electron chi connectivity index (χ2n) is 18.8. The maximum Gasteiger partial charge on any atom is 0.306 e. The third kappa shape index (κ3) is 5.75. The summed E-state index contributed by atoms with van der Waals surface area (Å²) in [4.78, 5) is 28.5. The van der Waals surface area contributed by atoms with Crippen LogP contribution in [0.2, 0.25) is 0 Å². The lowest BCUT2D eigenvalue weighted by atomic mass is 9.32. The lowest BCUT2D eigenvalue weighted by Gasteiger charge is -2.72. The Bertz CT molecular complexity index is 1490. The van der Waals surface area contributed by atoms with Crippen LogP contribution in [-0.2, 0) is 14.3 Å². The molecule has 4 saturated carbocycles. The van der Waals surface area contributed by atoms with Gasteiger partial charge in [-0.05, 0) is 141 Å². The highest BCUT2D eigenvalue weighted by Gasteiger charge is 2.71. The van der Waals surface area contributed by atoms with Crippen LogP contribution in [0.5, 0.6) is 0 Å². The van der Waals surface area contributed by atoms with Crippen LogP contribution in [0.3, 0.4) is 0 Å². The number of ether oxygens (including phenoxy) is 1. The van der Waals surface area contributed by atoms with E-state index >= 15 is 0 Å². The first-order valence-corrected chi connectivity index (χ1v) is 20.1. The first-order chi connectivity index (χ1) is 23.6. The number of carbonyl (C=O) groups excluding carboxylic acids is 2. The third-order valence-electron chi connectivity index (χ3n) is 16.5. The molecule has 1 aromatic carbocycles. The Labute approximate surface area is 304 Å². The van der Waals surface area contributed by atoms with E-state index in [9.17, 15) is 9.59 Å². The maximum atomic E-state index is 14.5. The molecule has 1 N–H and O–H groups in total. The van der Waals surface area contributed by atoms with Gasteiger partial charge in [0.25, 0.3) is 0 Å². The number of nitrogens with zero attached hydrogens (tertiary/aromatic N) is 1. The number of nitrogens with one attached hydrogen (secondary N) is 1. The van der Waals surface area contributed by atoms with Crippen molar-refractivity contribution in [2.45, 2.75) is 120 Å². The Balaban J connectivity index is 1.25. The van der Waals surface area contributed by atoms with Crippen LogP contribution < -0.4 is 5.32 Å². The van der Waals surface area contributed by atoms with E-state index in [0.29, 0.717) is 49.1 Å². The van der Waals surface area contributed by atoms with Gasteiger partial charge in [0, 0.05) is 19.6 Å². The summed E-state index contributed by atoms with van der Waals surface area (Å²) in [6.45, 7) is 27.1. The fourth-order valence-electron chi connectivity index (χ4n) is 13.6. The van der Waals surface area contributed by atoms with Crippen molar-refractivity contribution in [3.8, 4) is 0 Å². The highest BCUT2D eigenvalue weighted by Crippen LogP contribution is 2.77. The predicted molar refractivity (Wildman–Crippen MR) is 205 cm³/mol. The molecule has 1 amide bonds. The van der Waals surface area contributed by atoms with Gasteiger partial charge in [0.05, 0.1) is 18.9 Å². The van der Waals surface area contributed by atoms with E-state index in [0.717, 1.165) is 38.8 Å². The number of esters is 1. The first-order valence-electron chi connectivity index (χ1n) is 20.1. The Morgan fingerprint density at radius 1 is 0.920 bits per heavy atom. The van der Waals surface area contributed by atoms with E-state index < -0.39 is 0 Å². The van der Waals surface area contributed by atoms with E-state index in [2.05, 4.69) is 103 Å². The number of methoxy groups -OCH3 is 1. The second-order valence-corrected chi connectivity index (χ2v) is 18.8. The fraction of sp³-hybridized carbons (Fsp3) is 0.733. The van der Waals surface area contributed by atoms with Crippen molar-refractivity contribution in [3.05, 3.63) is 53.6 Å². The number of fused-ring (bicyclic) bond motifs is 7. The second kappa shape index (κ2) is 13.5. The average molecular weight is 685 g/mol. The molecule has 6 rings (SSSR count). The molecule has 5 aliphatic carbocycles. The Kier molecular flexibility index (Phi) is 10.1. The summed E-state index contributed by atoms with van der Waals surface area (Å²) >= 11 is 0. The van der Waals surface area contributed by atoms with Crippen molar-refractivity contribution >= 4 is 17.4 Å². The van der Waals surface area contributed by atoms with Gasteiger partial charge in [-0.3, -0.25) is 9.59 Å². The number of benzene rings is 1. The molecule has 1 aromatic rings. The zero-order chi connectivity index (χ0) is 36.3. The quantitative estimate of drug-likeness (QED) is 0.197. The number of aryl methyl sites for hydroxylation is 1. The van der Waals surface area contributed by atoms with Gasteiger partial charge in [0.2, 0.25) is 5.91 Å². The largest absolute Gasteiger partial charge is 0.469 e. The van der Waals surface area contributed by atoms with Gasteiger partial charge in [0.1, 0.15) is 0 Å². The van der Waals surface area contributed by atoms with Crippen molar-refractivity contribution in [1.29, 1.82) is 0 Å². The third-order valence-corrected chi connectivity index (χ3v) is 16.5. The van der Waals surface area contributed by atoms with E-state index in [1.165, 1.54) is 55.9 Å². The van der Waals surface area contributed by atoms with Crippen molar-refractivity contribution in [2.24, 2.45) is 56.7 Å². The standard InChI is InChI=1S/C45H68N2O3/c1-11-47(28-21-38(48)50-10)29-27-46-40(49)45-24-18-33(30(2)3)39(45)35-16-17-37-42(7)22-19-34(32-14-12-31(4)13-15-32)41(5,6)36(42)20-23-44(37,9)43(35,8)25-26-45/h12-15,19,33,35-37,39H,2,11,16-18,20-29H2,1,3-10H3,(H,46,49)/t33-,35+,36-,37+,39+,42-,43+,44+,45-/m0/s1. The number of likely N-dealkylation sites (N-methyl/N-ethyl adjacent to an activating group) is 1. The van der Waals surface area contributed by atoms with Gasteiger partial charge in [-0.25, -0.2) is 0 Å². The minimum atomic E-state index is -0.306. The molecule has 0 heterocycles. The zero-order valence-electron chi connectivity index (χ0n) is 33.1. The predicted octanol–water partition coefficient (Wildman–Crippen LogP) is 9.65. The van der Waals surface area contributed by atoms with Gasteiger partial charge >= 0.3 is 5.97 Å². The van der Waals surface area contributed by atoms with Crippen molar-refractivity contribution in [3.63, 3.8) is 0 Å². The van der Waals surface area contributed by atoms with Gasteiger partial charge < -0.3 is 15.0 Å². The molecular weight excluding hydrogens is 617 g/mol. The lowest BCUT2D eigenvalue weighted by molar-refractivity contribution is -0.225. The molecular formula is C45H68N2O3. The molecule has 50 heavy (non-hydrogen) atoms. The highest BCUT2D eigenvalue weighted by atomic mass is 16.5. The van der Waals surface area contributed by atoms with Gasteiger partial charge in [0.15, 0.2) is 0 Å². The molecule has 5 heteroatoms. The highest BCUT2D eigenvalue weighted by molar-refractivity contribution is 5.84. The smallest absolute Gasteiger partial charge is 0.306 e. The summed E-state index contributed by atoms with van der Waals surface area (Å²) in [6.07, 6.45) is 13.5. The Hall–Kier alpha value is -2.40. The summed E-state index contributed by atoms with van der Waals surface area (Å²) in [5, 5.41) is 3.45. The monoisotopic (exact) mass is 685 g/mol. The van der Waals surface area contributed by atoms with Crippen molar-refractivity contribution < 1.29 is 14.3 Å². The van der Waals surface area contributed by atoms with E-state index in [4.69, 9.17) is 4.74 Å². The summed E-state index contributed by atoms with van der Waals surface area (Å²) in [7, 11) is 1.44. The van der Waals surface area contributed by atoms with Gasteiger partial charge in [-0.1, -0.05) is 89.6 Å². The van der Waals surface area contributed by atoms with Crippen LogP contribution in [0, 0.1) is 63.6 Å². The van der Waals surface area contributed by atoms with Crippen molar-refractivity contribution in [2.75, 3.05) is 33.3 Å². The number of carbonyl (C=O) groups is 2. The minimum absolute atomic E-state index is 0.129. The molecule has 0 bridgehead atoms. The molecule has 0 aliphatic heterocycles. The SMILES string of the molecule is C=C(C)[C@@H]1CC[C@]2(C(=O)NCCN(CC)CCC(=O)OC)CC[C@]3(C)[C@H](CC[C@@H]4[C@@]5(C)CC=C(c6ccc(C)cc6)C(C)(C)[C@@H]5CC[C@]43C)[C@@H]12. The van der Waals surface area contributed by atoms with Crippen LogP contribution in [0.4, 0.5) is 0 Å². The number of hydrogen-bond acceptors (Lipinski definition) is 4. The molecule has 0 radical (unpaired) electrons.